The fraction of sp³-hybridized carbons (Fsp3) is 0.632. The summed E-state index contributed by atoms with van der Waals surface area (Å²) in [4.78, 5) is 0. The van der Waals surface area contributed by atoms with Crippen molar-refractivity contribution < 1.29 is 49.6 Å². The molecule has 1 aromatic rings. The van der Waals surface area contributed by atoms with Gasteiger partial charge in [-0.25, -0.2) is 0 Å². The highest BCUT2D eigenvalue weighted by Gasteiger charge is 2.46. The number of benzene rings is 1. The lowest BCUT2D eigenvalue weighted by Crippen LogP contribution is -2.60. The van der Waals surface area contributed by atoms with Crippen LogP contribution in [0, 0.1) is 11.3 Å². The van der Waals surface area contributed by atoms with Crippen LogP contribution in [-0.2, 0) is 18.9 Å². The van der Waals surface area contributed by atoms with E-state index >= 15 is 0 Å². The third-order valence-electron chi connectivity index (χ3n) is 5.04. The van der Waals surface area contributed by atoms with Gasteiger partial charge in [0.1, 0.15) is 42.7 Å². The van der Waals surface area contributed by atoms with Crippen molar-refractivity contribution in [1.82, 2.24) is 0 Å². The second-order valence-electron chi connectivity index (χ2n) is 7.15. The van der Waals surface area contributed by atoms with Gasteiger partial charge in [-0.15, -0.1) is 0 Å². The van der Waals surface area contributed by atoms with Gasteiger partial charge in [-0.05, 0) is 5.56 Å². The quantitative estimate of drug-likeness (QED) is 0.283. The number of nitriles is 1. The molecule has 2 saturated heterocycles. The summed E-state index contributed by atoms with van der Waals surface area (Å²) < 4.78 is 21.5. The van der Waals surface area contributed by atoms with Crippen LogP contribution in [0.4, 0.5) is 0 Å². The van der Waals surface area contributed by atoms with Crippen LogP contribution >= 0.6 is 0 Å². The van der Waals surface area contributed by atoms with E-state index < -0.39 is 68.0 Å². The molecule has 0 radical (unpaired) electrons. The monoisotopic (exact) mass is 427 g/mol. The van der Waals surface area contributed by atoms with Crippen molar-refractivity contribution in [3.63, 3.8) is 0 Å². The largest absolute Gasteiger partial charge is 0.388 e. The first-order valence-electron chi connectivity index (χ1n) is 9.40. The van der Waals surface area contributed by atoms with E-state index in [1.165, 1.54) is 0 Å². The van der Waals surface area contributed by atoms with E-state index in [2.05, 4.69) is 0 Å². The molecule has 30 heavy (non-hydrogen) atoms. The van der Waals surface area contributed by atoms with Crippen molar-refractivity contribution in [2.75, 3.05) is 13.2 Å². The van der Waals surface area contributed by atoms with E-state index in [4.69, 9.17) is 18.9 Å². The third kappa shape index (κ3) is 4.96. The Kier molecular flexibility index (Phi) is 7.72. The van der Waals surface area contributed by atoms with Gasteiger partial charge in [0.2, 0.25) is 0 Å². The Labute approximate surface area is 172 Å². The Morgan fingerprint density at radius 1 is 0.933 bits per heavy atom. The molecule has 1 aromatic carbocycles. The molecule has 0 amide bonds. The first kappa shape index (κ1) is 23.0. The maximum Gasteiger partial charge on any atom is 0.188 e. The molecule has 6 N–H and O–H groups in total. The SMILES string of the molecule is N#C[C@H](O[C@@H]1O[C@H](CO[C@@H]2OC[C@@H](O)[C@@H](O)[C@H]2O)[C@@H](O)[C@H](O)[C@H]1O)c1ccccc1. The van der Waals surface area contributed by atoms with E-state index in [9.17, 15) is 35.9 Å². The van der Waals surface area contributed by atoms with Crippen molar-refractivity contribution in [2.24, 2.45) is 0 Å². The molecule has 0 saturated carbocycles. The van der Waals surface area contributed by atoms with Gasteiger partial charge in [-0.3, -0.25) is 0 Å². The minimum absolute atomic E-state index is 0.273. The summed E-state index contributed by atoms with van der Waals surface area (Å²) >= 11 is 0. The molecule has 0 unspecified atom stereocenters. The summed E-state index contributed by atoms with van der Waals surface area (Å²) in [7, 11) is 0. The summed E-state index contributed by atoms with van der Waals surface area (Å²) in [5.41, 5.74) is 0.510. The number of hydrogen-bond donors (Lipinski definition) is 6. The summed E-state index contributed by atoms with van der Waals surface area (Å²) in [6, 6.07) is 10.4. The van der Waals surface area contributed by atoms with Crippen LogP contribution < -0.4 is 0 Å². The molecule has 3 rings (SSSR count). The van der Waals surface area contributed by atoms with Gasteiger partial charge in [0.15, 0.2) is 18.7 Å². The van der Waals surface area contributed by atoms with Crippen molar-refractivity contribution in [3.05, 3.63) is 35.9 Å². The highest BCUT2D eigenvalue weighted by Crippen LogP contribution is 2.28. The van der Waals surface area contributed by atoms with Crippen molar-refractivity contribution in [2.45, 2.75) is 61.4 Å². The Morgan fingerprint density at radius 3 is 2.27 bits per heavy atom. The second kappa shape index (κ2) is 10.1. The molecule has 11 heteroatoms. The van der Waals surface area contributed by atoms with E-state index in [0.717, 1.165) is 0 Å². The topological polar surface area (TPSA) is 182 Å². The van der Waals surface area contributed by atoms with Gasteiger partial charge in [-0.1, -0.05) is 30.3 Å². The van der Waals surface area contributed by atoms with Crippen LogP contribution in [0.15, 0.2) is 30.3 Å². The zero-order valence-electron chi connectivity index (χ0n) is 15.8. The van der Waals surface area contributed by atoms with Crippen LogP contribution in [0.3, 0.4) is 0 Å². The van der Waals surface area contributed by atoms with Crippen LogP contribution in [0.5, 0.6) is 0 Å². The summed E-state index contributed by atoms with van der Waals surface area (Å²) in [6.45, 7) is -0.678. The number of nitrogens with zero attached hydrogens (tertiary/aromatic N) is 1. The number of ether oxygens (including phenoxy) is 4. The lowest BCUT2D eigenvalue weighted by molar-refractivity contribution is -0.325. The van der Waals surface area contributed by atoms with Gasteiger partial charge in [-0.2, -0.15) is 5.26 Å². The van der Waals surface area contributed by atoms with Crippen LogP contribution in [-0.4, -0.2) is 99.2 Å². The molecule has 10 atom stereocenters. The molecule has 2 aliphatic rings. The Bertz CT molecular complexity index is 715. The molecular weight excluding hydrogens is 402 g/mol. The van der Waals surface area contributed by atoms with Gasteiger partial charge in [0.25, 0.3) is 0 Å². The zero-order valence-corrected chi connectivity index (χ0v) is 15.8. The van der Waals surface area contributed by atoms with E-state index in [1.807, 2.05) is 6.07 Å². The van der Waals surface area contributed by atoms with Crippen LogP contribution in [0.1, 0.15) is 11.7 Å². The number of hydrogen-bond acceptors (Lipinski definition) is 11. The fourth-order valence-corrected chi connectivity index (χ4v) is 3.23. The Hall–Kier alpha value is -1.69. The summed E-state index contributed by atoms with van der Waals surface area (Å²) in [5, 5.41) is 69.0. The highest BCUT2D eigenvalue weighted by molar-refractivity contribution is 5.22. The molecule has 0 bridgehead atoms. The molecular formula is C19H25NO10. The van der Waals surface area contributed by atoms with Crippen molar-refractivity contribution >= 4 is 0 Å². The molecule has 0 aromatic heterocycles. The molecule has 2 heterocycles. The molecule has 0 spiro atoms. The minimum atomic E-state index is -1.66. The number of aliphatic hydroxyl groups excluding tert-OH is 6. The maximum atomic E-state index is 10.2. The van der Waals surface area contributed by atoms with Crippen LogP contribution in [0.2, 0.25) is 0 Å². The van der Waals surface area contributed by atoms with Gasteiger partial charge < -0.3 is 49.6 Å². The second-order valence-corrected chi connectivity index (χ2v) is 7.15. The van der Waals surface area contributed by atoms with Crippen molar-refractivity contribution in [1.29, 1.82) is 5.26 Å². The zero-order chi connectivity index (χ0) is 21.8. The predicted molar refractivity (Wildman–Crippen MR) is 96.3 cm³/mol. The predicted octanol–water partition coefficient (Wildman–Crippen LogP) is -2.47. The third-order valence-corrected chi connectivity index (χ3v) is 5.04. The molecule has 2 fully saturated rings. The fourth-order valence-electron chi connectivity index (χ4n) is 3.23. The van der Waals surface area contributed by atoms with E-state index in [-0.39, 0.29) is 6.61 Å². The average Bonchev–Trinajstić information content (AvgIpc) is 2.76. The van der Waals surface area contributed by atoms with E-state index in [0.29, 0.717) is 5.56 Å². The van der Waals surface area contributed by atoms with Crippen LogP contribution in [0.25, 0.3) is 0 Å². The lowest BCUT2D eigenvalue weighted by atomic mass is 9.99. The Morgan fingerprint density at radius 2 is 1.60 bits per heavy atom. The maximum absolute atomic E-state index is 10.2. The van der Waals surface area contributed by atoms with E-state index in [1.54, 1.807) is 30.3 Å². The molecule has 166 valence electrons. The first-order chi connectivity index (χ1) is 14.3. The van der Waals surface area contributed by atoms with Crippen molar-refractivity contribution in [3.8, 4) is 6.07 Å². The summed E-state index contributed by atoms with van der Waals surface area (Å²) in [6.07, 6.45) is -14.2. The standard InChI is InChI=1S/C19H25NO10/c20-6-11(9-4-2-1-3-5-9)29-19-17(26)15(24)14(23)12(30-19)8-28-18-16(25)13(22)10(21)7-27-18/h1-5,10-19,21-26H,7-8H2/t10-,11+,12-,13-,14-,15+,16-,17-,18+,19-/m1/s1. The van der Waals surface area contributed by atoms with Gasteiger partial charge in [0.05, 0.1) is 19.3 Å². The summed E-state index contributed by atoms with van der Waals surface area (Å²) in [5.74, 6) is 0. The normalized spacial score (nSPS) is 40.5. The first-order valence-corrected chi connectivity index (χ1v) is 9.40. The lowest BCUT2D eigenvalue weighted by Gasteiger charge is -2.41. The molecule has 11 nitrogen and oxygen atoms in total. The Balaban J connectivity index is 1.63. The molecule has 2 aliphatic heterocycles. The van der Waals surface area contributed by atoms with Gasteiger partial charge in [0, 0.05) is 0 Å². The number of aliphatic hydroxyl groups is 6. The molecule has 0 aliphatic carbocycles. The number of rotatable bonds is 6. The average molecular weight is 427 g/mol. The highest BCUT2D eigenvalue weighted by atomic mass is 16.7. The van der Waals surface area contributed by atoms with Gasteiger partial charge >= 0.3 is 0 Å². The smallest absolute Gasteiger partial charge is 0.188 e. The minimum Gasteiger partial charge on any atom is -0.388 e.